The zero-order chi connectivity index (χ0) is 13.1. The number of hydrogen-bond donors (Lipinski definition) is 3. The molecule has 0 spiro atoms. The van der Waals surface area contributed by atoms with Crippen LogP contribution in [0, 0.1) is 5.92 Å². The first-order valence-corrected chi connectivity index (χ1v) is 5.10. The number of hydrogen-bond acceptors (Lipinski definition) is 3. The van der Waals surface area contributed by atoms with Crippen molar-refractivity contribution in [1.82, 2.24) is 10.6 Å². The molecule has 1 aliphatic rings. The normalized spacial score (nSPS) is 23.0. The molecule has 0 aromatic rings. The molecular weight excluding hydrogens is 241 g/mol. The third kappa shape index (κ3) is 4.22. The van der Waals surface area contributed by atoms with Gasteiger partial charge in [-0.3, -0.25) is 9.59 Å². The molecule has 0 radical (unpaired) electrons. The first-order valence-electron chi connectivity index (χ1n) is 5.10. The molecule has 0 aliphatic carbocycles. The van der Waals surface area contributed by atoms with Crippen LogP contribution in [0.15, 0.2) is 0 Å². The maximum atomic E-state index is 12.3. The highest BCUT2D eigenvalue weighted by molar-refractivity contribution is 5.76. The summed E-state index contributed by atoms with van der Waals surface area (Å²) in [5, 5.41) is 13.5. The van der Waals surface area contributed by atoms with E-state index in [-0.39, 0.29) is 24.9 Å². The molecule has 1 aliphatic heterocycles. The number of rotatable bonds is 4. The lowest BCUT2D eigenvalue weighted by molar-refractivity contribution is -0.192. The molecule has 98 valence electrons. The van der Waals surface area contributed by atoms with E-state index in [1.165, 1.54) is 0 Å². The number of carboxylic acids is 1. The molecule has 1 rings (SSSR count). The van der Waals surface area contributed by atoms with Crippen molar-refractivity contribution in [3.05, 3.63) is 0 Å². The van der Waals surface area contributed by atoms with Crippen LogP contribution < -0.4 is 10.6 Å². The van der Waals surface area contributed by atoms with Gasteiger partial charge in [-0.25, -0.2) is 0 Å². The molecule has 0 aromatic carbocycles. The zero-order valence-electron chi connectivity index (χ0n) is 8.88. The first-order chi connectivity index (χ1) is 7.80. The van der Waals surface area contributed by atoms with Crippen molar-refractivity contribution in [3.63, 3.8) is 0 Å². The molecule has 1 fully saturated rings. The van der Waals surface area contributed by atoms with Crippen LogP contribution in [0.4, 0.5) is 13.2 Å². The van der Waals surface area contributed by atoms with Gasteiger partial charge in [-0.15, -0.1) is 0 Å². The minimum atomic E-state index is -4.77. The van der Waals surface area contributed by atoms with Crippen molar-refractivity contribution in [2.24, 2.45) is 5.92 Å². The van der Waals surface area contributed by atoms with Gasteiger partial charge in [0, 0.05) is 25.6 Å². The lowest BCUT2D eigenvalue weighted by atomic mass is 10.0. The second-order valence-electron chi connectivity index (χ2n) is 3.88. The molecule has 2 atom stereocenters. The Bertz CT molecular complexity index is 296. The Morgan fingerprint density at radius 2 is 2.24 bits per heavy atom. The monoisotopic (exact) mass is 254 g/mol. The molecule has 0 bridgehead atoms. The van der Waals surface area contributed by atoms with Gasteiger partial charge >= 0.3 is 12.1 Å². The van der Waals surface area contributed by atoms with E-state index in [0.717, 1.165) is 0 Å². The van der Waals surface area contributed by atoms with E-state index in [9.17, 15) is 22.8 Å². The van der Waals surface area contributed by atoms with Gasteiger partial charge in [-0.05, 0) is 6.42 Å². The van der Waals surface area contributed by atoms with Crippen LogP contribution in [0.3, 0.4) is 0 Å². The maximum Gasteiger partial charge on any atom is 0.403 e. The van der Waals surface area contributed by atoms with Crippen LogP contribution in [0.2, 0.25) is 0 Å². The SMILES string of the molecule is O=C1CCC(NCC(C(=O)O)C(F)(F)F)CN1. The summed E-state index contributed by atoms with van der Waals surface area (Å²) >= 11 is 0. The Morgan fingerprint density at radius 1 is 1.59 bits per heavy atom. The van der Waals surface area contributed by atoms with Crippen LogP contribution in [-0.2, 0) is 9.59 Å². The lowest BCUT2D eigenvalue weighted by Crippen LogP contribution is -2.49. The van der Waals surface area contributed by atoms with Crippen molar-refractivity contribution in [3.8, 4) is 0 Å². The highest BCUT2D eigenvalue weighted by atomic mass is 19.4. The third-order valence-electron chi connectivity index (χ3n) is 2.57. The number of carboxylic acid groups (broad SMARTS) is 1. The fraction of sp³-hybridized carbons (Fsp3) is 0.778. The summed E-state index contributed by atoms with van der Waals surface area (Å²) in [7, 11) is 0. The molecule has 0 saturated carbocycles. The summed E-state index contributed by atoms with van der Waals surface area (Å²) in [6, 6.07) is -0.308. The molecule has 1 heterocycles. The molecule has 8 heteroatoms. The lowest BCUT2D eigenvalue weighted by Gasteiger charge is -2.25. The van der Waals surface area contributed by atoms with Crippen molar-refractivity contribution in [2.75, 3.05) is 13.1 Å². The van der Waals surface area contributed by atoms with Gasteiger partial charge < -0.3 is 15.7 Å². The number of carbonyl (C=O) groups excluding carboxylic acids is 1. The molecule has 0 aromatic heterocycles. The van der Waals surface area contributed by atoms with Gasteiger partial charge in [-0.1, -0.05) is 0 Å². The number of piperidine rings is 1. The summed E-state index contributed by atoms with van der Waals surface area (Å²) in [4.78, 5) is 21.2. The third-order valence-corrected chi connectivity index (χ3v) is 2.57. The van der Waals surface area contributed by atoms with Crippen molar-refractivity contribution in [2.45, 2.75) is 25.1 Å². The van der Waals surface area contributed by atoms with Gasteiger partial charge in [0.15, 0.2) is 5.92 Å². The van der Waals surface area contributed by atoms with Gasteiger partial charge in [0.05, 0.1) is 0 Å². The molecule has 2 unspecified atom stereocenters. The predicted octanol–water partition coefficient (Wildman–Crippen LogP) is 0.118. The summed E-state index contributed by atoms with van der Waals surface area (Å²) < 4.78 is 36.9. The predicted molar refractivity (Wildman–Crippen MR) is 51.2 cm³/mol. The number of alkyl halides is 3. The Kier molecular flexibility index (Phi) is 4.33. The smallest absolute Gasteiger partial charge is 0.403 e. The molecule has 5 nitrogen and oxygen atoms in total. The van der Waals surface area contributed by atoms with Crippen LogP contribution >= 0.6 is 0 Å². The topological polar surface area (TPSA) is 78.4 Å². The highest BCUT2D eigenvalue weighted by Gasteiger charge is 2.45. The number of halogens is 3. The van der Waals surface area contributed by atoms with E-state index in [4.69, 9.17) is 5.11 Å². The Balaban J connectivity index is 2.42. The fourth-order valence-electron chi connectivity index (χ4n) is 1.53. The van der Waals surface area contributed by atoms with Crippen molar-refractivity contribution in [1.29, 1.82) is 0 Å². The zero-order valence-corrected chi connectivity index (χ0v) is 8.88. The second-order valence-corrected chi connectivity index (χ2v) is 3.88. The van der Waals surface area contributed by atoms with E-state index in [1.807, 2.05) is 0 Å². The number of carbonyl (C=O) groups is 2. The van der Waals surface area contributed by atoms with E-state index < -0.39 is 24.6 Å². The van der Waals surface area contributed by atoms with Crippen LogP contribution in [-0.4, -0.2) is 42.3 Å². The quantitative estimate of drug-likeness (QED) is 0.665. The van der Waals surface area contributed by atoms with Gasteiger partial charge in [0.1, 0.15) is 0 Å². The van der Waals surface area contributed by atoms with E-state index in [1.54, 1.807) is 0 Å². The van der Waals surface area contributed by atoms with Gasteiger partial charge in [-0.2, -0.15) is 13.2 Å². The average molecular weight is 254 g/mol. The molecule has 1 saturated heterocycles. The molecular formula is C9H13F3N2O3. The first kappa shape index (κ1) is 13.8. The number of aliphatic carboxylic acids is 1. The number of amides is 1. The van der Waals surface area contributed by atoms with Crippen LogP contribution in [0.1, 0.15) is 12.8 Å². The number of nitrogens with one attached hydrogen (secondary N) is 2. The van der Waals surface area contributed by atoms with E-state index in [2.05, 4.69) is 10.6 Å². The van der Waals surface area contributed by atoms with Gasteiger partial charge in [0.25, 0.3) is 0 Å². The van der Waals surface area contributed by atoms with Crippen molar-refractivity contribution >= 4 is 11.9 Å². The Labute approximate surface area is 95.4 Å². The minimum Gasteiger partial charge on any atom is -0.481 e. The average Bonchev–Trinajstić information content (AvgIpc) is 2.18. The maximum absolute atomic E-state index is 12.3. The standard InChI is InChI=1S/C9H13F3N2O3/c10-9(11,12)6(8(16)17)4-13-5-1-2-7(15)14-3-5/h5-6,13H,1-4H2,(H,14,15)(H,16,17). The van der Waals surface area contributed by atoms with Crippen molar-refractivity contribution < 1.29 is 27.9 Å². The van der Waals surface area contributed by atoms with Crippen LogP contribution in [0.25, 0.3) is 0 Å². The molecule has 17 heavy (non-hydrogen) atoms. The summed E-state index contributed by atoms with van der Waals surface area (Å²) in [5.74, 6) is -4.46. The largest absolute Gasteiger partial charge is 0.481 e. The second kappa shape index (κ2) is 5.35. The Hall–Kier alpha value is -1.31. The van der Waals surface area contributed by atoms with Crippen LogP contribution in [0.5, 0.6) is 0 Å². The summed E-state index contributed by atoms with van der Waals surface area (Å²) in [6.07, 6.45) is -4.12. The summed E-state index contributed by atoms with van der Waals surface area (Å²) in [5.41, 5.74) is 0. The van der Waals surface area contributed by atoms with Gasteiger partial charge in [0.2, 0.25) is 5.91 Å². The Morgan fingerprint density at radius 3 is 2.65 bits per heavy atom. The summed E-state index contributed by atoms with van der Waals surface area (Å²) in [6.45, 7) is -0.456. The van der Waals surface area contributed by atoms with E-state index >= 15 is 0 Å². The fourth-order valence-corrected chi connectivity index (χ4v) is 1.53. The molecule has 3 N–H and O–H groups in total. The molecule has 1 amide bonds. The van der Waals surface area contributed by atoms with E-state index in [0.29, 0.717) is 6.42 Å². The highest BCUT2D eigenvalue weighted by Crippen LogP contribution is 2.26. The minimum absolute atomic E-state index is 0.145.